The minimum atomic E-state index is 0.334. The number of aromatic nitrogens is 1. The molecular weight excluding hydrogens is 316 g/mol. The Morgan fingerprint density at radius 1 is 1.35 bits per heavy atom. The predicted octanol–water partition coefficient (Wildman–Crippen LogP) is 3.85. The molecule has 2 aromatic rings. The molecule has 0 spiro atoms. The minimum Gasteiger partial charge on any atom is -0.493 e. The van der Waals surface area contributed by atoms with Gasteiger partial charge in [0.05, 0.1) is 6.61 Å². The Balaban J connectivity index is 1.76. The van der Waals surface area contributed by atoms with Crippen molar-refractivity contribution in [3.8, 4) is 5.75 Å². The number of nitrogens with one attached hydrogen (secondary N) is 1. The van der Waals surface area contributed by atoms with Crippen molar-refractivity contribution in [2.24, 2.45) is 0 Å². The molecule has 1 unspecified atom stereocenters. The summed E-state index contributed by atoms with van der Waals surface area (Å²) in [5, 5.41) is 3.62. The third-order valence-corrected chi connectivity index (χ3v) is 4.01. The van der Waals surface area contributed by atoms with Gasteiger partial charge in [0.15, 0.2) is 0 Å². The maximum Gasteiger partial charge on any atom is 0.125 e. The first-order chi connectivity index (χ1) is 9.83. The van der Waals surface area contributed by atoms with E-state index in [1.165, 1.54) is 11.1 Å². The molecule has 1 aliphatic rings. The van der Waals surface area contributed by atoms with E-state index in [2.05, 4.69) is 50.5 Å². The largest absolute Gasteiger partial charge is 0.493 e. The van der Waals surface area contributed by atoms with Crippen LogP contribution in [0.3, 0.4) is 0 Å². The normalized spacial score (nSPS) is 17.9. The summed E-state index contributed by atoms with van der Waals surface area (Å²) in [4.78, 5) is 4.15. The van der Waals surface area contributed by atoms with Gasteiger partial charge < -0.3 is 10.1 Å². The summed E-state index contributed by atoms with van der Waals surface area (Å²) in [7, 11) is 0. The van der Waals surface area contributed by atoms with Gasteiger partial charge in [-0.25, -0.2) is 0 Å². The number of hydrogen-bond acceptors (Lipinski definition) is 3. The smallest absolute Gasteiger partial charge is 0.125 e. The topological polar surface area (TPSA) is 34.1 Å². The van der Waals surface area contributed by atoms with E-state index >= 15 is 0 Å². The van der Waals surface area contributed by atoms with E-state index in [1.54, 1.807) is 6.20 Å². The molecule has 3 rings (SSSR count). The molecule has 1 aliphatic heterocycles. The second-order valence-corrected chi connectivity index (χ2v) is 5.88. The number of ether oxygens (including phenoxy) is 1. The second-order valence-electron chi connectivity index (χ2n) is 4.97. The van der Waals surface area contributed by atoms with E-state index in [-0.39, 0.29) is 0 Å². The maximum absolute atomic E-state index is 5.83. The van der Waals surface area contributed by atoms with Crippen LogP contribution in [0.25, 0.3) is 0 Å². The van der Waals surface area contributed by atoms with Crippen LogP contribution >= 0.6 is 15.9 Å². The zero-order valence-corrected chi connectivity index (χ0v) is 12.8. The fraction of sp³-hybridized carbons (Fsp3) is 0.312. The van der Waals surface area contributed by atoms with Gasteiger partial charge in [-0.3, -0.25) is 4.98 Å². The molecule has 0 saturated carbocycles. The standard InChI is InChI=1S/C16H17BrN2O/c17-13-5-6-14-15(4-2-8-20-16(14)9-13)19-11-12-3-1-7-18-10-12/h1,3,5-7,9-10,15,19H,2,4,8,11H2. The highest BCUT2D eigenvalue weighted by molar-refractivity contribution is 9.10. The molecule has 0 saturated heterocycles. The van der Waals surface area contributed by atoms with Gasteiger partial charge in [0.25, 0.3) is 0 Å². The van der Waals surface area contributed by atoms with E-state index in [1.807, 2.05) is 12.3 Å². The van der Waals surface area contributed by atoms with E-state index < -0.39 is 0 Å². The average Bonchev–Trinajstić information content (AvgIpc) is 2.68. The number of hydrogen-bond donors (Lipinski definition) is 1. The summed E-state index contributed by atoms with van der Waals surface area (Å²) in [6, 6.07) is 10.7. The molecule has 1 atom stereocenters. The van der Waals surface area contributed by atoms with Gasteiger partial charge >= 0.3 is 0 Å². The summed E-state index contributed by atoms with van der Waals surface area (Å²) < 4.78 is 6.89. The van der Waals surface area contributed by atoms with Gasteiger partial charge in [0.2, 0.25) is 0 Å². The molecule has 0 fully saturated rings. The third-order valence-electron chi connectivity index (χ3n) is 3.52. The SMILES string of the molecule is Brc1ccc2c(c1)OCCCC2NCc1cccnc1. The molecule has 104 valence electrons. The van der Waals surface area contributed by atoms with Crippen LogP contribution in [0.4, 0.5) is 0 Å². The lowest BCUT2D eigenvalue weighted by atomic mass is 10.0. The van der Waals surface area contributed by atoms with E-state index in [0.29, 0.717) is 6.04 Å². The molecule has 1 aromatic heterocycles. The lowest BCUT2D eigenvalue weighted by molar-refractivity contribution is 0.315. The third kappa shape index (κ3) is 3.19. The first kappa shape index (κ1) is 13.6. The van der Waals surface area contributed by atoms with Gasteiger partial charge in [-0.15, -0.1) is 0 Å². The number of nitrogens with zero attached hydrogens (tertiary/aromatic N) is 1. The number of pyridine rings is 1. The Morgan fingerprint density at radius 3 is 3.15 bits per heavy atom. The van der Waals surface area contributed by atoms with Crippen molar-refractivity contribution in [3.63, 3.8) is 0 Å². The van der Waals surface area contributed by atoms with E-state index in [0.717, 1.165) is 36.2 Å². The number of benzene rings is 1. The summed E-state index contributed by atoms with van der Waals surface area (Å²) in [6.45, 7) is 1.61. The molecule has 0 radical (unpaired) electrons. The molecular formula is C16H17BrN2O. The van der Waals surface area contributed by atoms with Crippen LogP contribution in [-0.2, 0) is 6.54 Å². The maximum atomic E-state index is 5.83. The number of fused-ring (bicyclic) bond motifs is 1. The first-order valence-corrected chi connectivity index (χ1v) is 7.67. The highest BCUT2D eigenvalue weighted by Crippen LogP contribution is 2.33. The molecule has 0 aliphatic carbocycles. The fourth-order valence-electron chi connectivity index (χ4n) is 2.50. The van der Waals surface area contributed by atoms with Crippen LogP contribution in [0.15, 0.2) is 47.2 Å². The lowest BCUT2D eigenvalue weighted by Crippen LogP contribution is -2.20. The second kappa shape index (κ2) is 6.37. The van der Waals surface area contributed by atoms with Crippen molar-refractivity contribution in [2.75, 3.05) is 6.61 Å². The zero-order chi connectivity index (χ0) is 13.8. The molecule has 3 nitrogen and oxygen atoms in total. The number of rotatable bonds is 3. The summed E-state index contributed by atoms with van der Waals surface area (Å²) in [5.41, 5.74) is 2.45. The summed E-state index contributed by atoms with van der Waals surface area (Å²) in [6.07, 6.45) is 5.87. The van der Waals surface area contributed by atoms with Gasteiger partial charge in [-0.05, 0) is 36.6 Å². The minimum absolute atomic E-state index is 0.334. The van der Waals surface area contributed by atoms with Crippen molar-refractivity contribution in [1.82, 2.24) is 10.3 Å². The van der Waals surface area contributed by atoms with Gasteiger partial charge in [0, 0.05) is 35.0 Å². The van der Waals surface area contributed by atoms with Crippen molar-refractivity contribution in [3.05, 3.63) is 58.3 Å². The van der Waals surface area contributed by atoms with Crippen LogP contribution in [0, 0.1) is 0 Å². The Labute approximate surface area is 127 Å². The molecule has 1 N–H and O–H groups in total. The lowest BCUT2D eigenvalue weighted by Gasteiger charge is -2.18. The highest BCUT2D eigenvalue weighted by Gasteiger charge is 2.19. The highest BCUT2D eigenvalue weighted by atomic mass is 79.9. The molecule has 0 amide bonds. The van der Waals surface area contributed by atoms with Crippen molar-refractivity contribution in [2.45, 2.75) is 25.4 Å². The molecule has 4 heteroatoms. The Bertz CT molecular complexity index is 574. The van der Waals surface area contributed by atoms with E-state index in [9.17, 15) is 0 Å². The Kier molecular flexibility index (Phi) is 4.33. The average molecular weight is 333 g/mol. The van der Waals surface area contributed by atoms with Crippen LogP contribution in [0.5, 0.6) is 5.75 Å². The van der Waals surface area contributed by atoms with Crippen LogP contribution < -0.4 is 10.1 Å². The van der Waals surface area contributed by atoms with Crippen molar-refractivity contribution < 1.29 is 4.74 Å². The van der Waals surface area contributed by atoms with Crippen molar-refractivity contribution >= 4 is 15.9 Å². The Morgan fingerprint density at radius 2 is 2.30 bits per heavy atom. The van der Waals surface area contributed by atoms with Gasteiger partial charge in [0.1, 0.15) is 5.75 Å². The molecule has 2 heterocycles. The van der Waals surface area contributed by atoms with Crippen LogP contribution in [0.1, 0.15) is 30.0 Å². The van der Waals surface area contributed by atoms with E-state index in [4.69, 9.17) is 4.74 Å². The molecule has 20 heavy (non-hydrogen) atoms. The monoisotopic (exact) mass is 332 g/mol. The zero-order valence-electron chi connectivity index (χ0n) is 11.2. The van der Waals surface area contributed by atoms with Gasteiger partial charge in [-0.1, -0.05) is 28.1 Å². The predicted molar refractivity (Wildman–Crippen MR) is 82.7 cm³/mol. The first-order valence-electron chi connectivity index (χ1n) is 6.87. The number of halogens is 1. The molecule has 1 aromatic carbocycles. The van der Waals surface area contributed by atoms with Crippen LogP contribution in [-0.4, -0.2) is 11.6 Å². The summed E-state index contributed by atoms with van der Waals surface area (Å²) in [5.74, 6) is 0.987. The Hall–Kier alpha value is -1.39. The molecule has 0 bridgehead atoms. The summed E-state index contributed by atoms with van der Waals surface area (Å²) >= 11 is 3.50. The quantitative estimate of drug-likeness (QED) is 0.926. The van der Waals surface area contributed by atoms with Gasteiger partial charge in [-0.2, -0.15) is 0 Å². The van der Waals surface area contributed by atoms with Crippen LogP contribution in [0.2, 0.25) is 0 Å². The van der Waals surface area contributed by atoms with Crippen molar-refractivity contribution in [1.29, 1.82) is 0 Å². The fourth-order valence-corrected chi connectivity index (χ4v) is 2.84.